The Morgan fingerprint density at radius 1 is 0.718 bits per heavy atom. The molecule has 5 rings (SSSR count). The van der Waals surface area contributed by atoms with E-state index in [1.165, 1.54) is 23.4 Å². The maximum atomic E-state index is 11.8. The van der Waals surface area contributed by atoms with Crippen molar-refractivity contribution in [2.75, 3.05) is 25.2 Å². The summed E-state index contributed by atoms with van der Waals surface area (Å²) in [7, 11) is 1.43. The summed E-state index contributed by atoms with van der Waals surface area (Å²) < 4.78 is 11.3. The number of carbonyl (C=O) groups excluding carboxylic acids is 1. The molecule has 196 valence electrons. The fourth-order valence-corrected chi connectivity index (χ4v) is 4.80. The third-order valence-corrected chi connectivity index (χ3v) is 6.91. The number of benzene rings is 5. The zero-order chi connectivity index (χ0) is 26.9. The fourth-order valence-electron chi connectivity index (χ4n) is 4.80. The zero-order valence-electron chi connectivity index (χ0n) is 22.3. The van der Waals surface area contributed by atoms with Crippen molar-refractivity contribution in [2.24, 2.45) is 0 Å². The quantitative estimate of drug-likeness (QED) is 0.169. The maximum Gasteiger partial charge on any atom is 0.305 e. The third-order valence-electron chi connectivity index (χ3n) is 6.91. The molecule has 0 N–H and O–H groups in total. The third kappa shape index (κ3) is 6.85. The fraction of sp³-hybridized carbons (Fsp3) is 0.171. The first-order valence-electron chi connectivity index (χ1n) is 13.4. The van der Waals surface area contributed by atoms with Crippen LogP contribution in [-0.4, -0.2) is 26.2 Å². The Bertz CT molecular complexity index is 1520. The van der Waals surface area contributed by atoms with Crippen LogP contribution in [0.4, 0.5) is 5.69 Å². The lowest BCUT2D eigenvalue weighted by molar-refractivity contribution is -0.140. The van der Waals surface area contributed by atoms with Gasteiger partial charge in [-0.3, -0.25) is 4.79 Å². The molecule has 0 aliphatic heterocycles. The number of hydrogen-bond acceptors (Lipinski definition) is 4. The number of fused-ring (bicyclic) bond motifs is 1. The van der Waals surface area contributed by atoms with Crippen LogP contribution in [0.15, 0.2) is 121 Å². The molecular weight excluding hydrogens is 482 g/mol. The summed E-state index contributed by atoms with van der Waals surface area (Å²) in [6, 6.07) is 42.0. The summed E-state index contributed by atoms with van der Waals surface area (Å²) in [5.41, 5.74) is 5.61. The van der Waals surface area contributed by atoms with Gasteiger partial charge in [-0.2, -0.15) is 0 Å². The molecule has 0 heterocycles. The topological polar surface area (TPSA) is 38.8 Å². The van der Waals surface area contributed by atoms with E-state index in [2.05, 4.69) is 102 Å². The summed E-state index contributed by atoms with van der Waals surface area (Å²) in [5.74, 6) is 0.627. The number of methoxy groups -OCH3 is 1. The van der Waals surface area contributed by atoms with E-state index in [-0.39, 0.29) is 5.97 Å². The molecular formula is C35H33NO3. The van der Waals surface area contributed by atoms with E-state index in [4.69, 9.17) is 9.47 Å². The Hall–Kier alpha value is -4.57. The molecule has 0 atom stereocenters. The van der Waals surface area contributed by atoms with Gasteiger partial charge >= 0.3 is 5.97 Å². The van der Waals surface area contributed by atoms with Gasteiger partial charge in [-0.05, 0) is 64.2 Å². The van der Waals surface area contributed by atoms with Crippen molar-refractivity contribution in [2.45, 2.75) is 19.4 Å². The van der Waals surface area contributed by atoms with Crippen molar-refractivity contribution < 1.29 is 14.3 Å². The first-order valence-corrected chi connectivity index (χ1v) is 13.4. The number of nitrogens with zero attached hydrogens (tertiary/aromatic N) is 1. The number of carbonyl (C=O) groups is 1. The number of hydrogen-bond donors (Lipinski definition) is 0. The first-order chi connectivity index (χ1) is 19.2. The number of ether oxygens (including phenoxy) is 2. The summed E-state index contributed by atoms with van der Waals surface area (Å²) in [5, 5.41) is 2.38. The van der Waals surface area contributed by atoms with E-state index in [9.17, 15) is 4.79 Å². The molecule has 4 heteroatoms. The predicted octanol–water partition coefficient (Wildman–Crippen LogP) is 7.70. The molecule has 0 aromatic heterocycles. The molecule has 0 unspecified atom stereocenters. The molecule has 0 bridgehead atoms. The zero-order valence-corrected chi connectivity index (χ0v) is 22.3. The Labute approximate surface area is 230 Å². The molecule has 39 heavy (non-hydrogen) atoms. The van der Waals surface area contributed by atoms with Crippen LogP contribution in [0.1, 0.15) is 17.5 Å². The molecule has 0 amide bonds. The van der Waals surface area contributed by atoms with E-state index in [1.807, 2.05) is 24.3 Å². The number of rotatable bonds is 11. The van der Waals surface area contributed by atoms with Crippen LogP contribution >= 0.6 is 0 Å². The molecule has 0 fully saturated rings. The molecule has 0 aliphatic carbocycles. The highest BCUT2D eigenvalue weighted by atomic mass is 16.5. The van der Waals surface area contributed by atoms with Gasteiger partial charge in [0.15, 0.2) is 0 Å². The average molecular weight is 516 g/mol. The van der Waals surface area contributed by atoms with Gasteiger partial charge < -0.3 is 14.4 Å². The van der Waals surface area contributed by atoms with Crippen molar-refractivity contribution in [3.05, 3.63) is 132 Å². The largest absolute Gasteiger partial charge is 0.491 e. The van der Waals surface area contributed by atoms with Crippen molar-refractivity contribution in [3.63, 3.8) is 0 Å². The standard InChI is InChI=1S/C35H33NO3/c1-38-35(37)21-17-27-16-20-34(33(24-27)31-19-18-29-12-8-9-13-30(29)25-31)39-23-22-36(32-14-6-3-7-15-32)26-28-10-4-2-5-11-28/h2-16,18-20,24-25H,17,21-23,26H2,1H3. The highest BCUT2D eigenvalue weighted by molar-refractivity contribution is 5.88. The normalized spacial score (nSPS) is 10.8. The van der Waals surface area contributed by atoms with Crippen molar-refractivity contribution in [1.29, 1.82) is 0 Å². The molecule has 5 aromatic carbocycles. The Morgan fingerprint density at radius 3 is 2.21 bits per heavy atom. The highest BCUT2D eigenvalue weighted by Gasteiger charge is 2.13. The molecule has 0 aliphatic rings. The molecule has 4 nitrogen and oxygen atoms in total. The van der Waals surface area contributed by atoms with Crippen molar-refractivity contribution >= 4 is 22.4 Å². The van der Waals surface area contributed by atoms with Crippen LogP contribution in [-0.2, 0) is 22.5 Å². The Kier molecular flexibility index (Phi) is 8.54. The van der Waals surface area contributed by atoms with Gasteiger partial charge in [0.05, 0.1) is 13.7 Å². The van der Waals surface area contributed by atoms with Gasteiger partial charge in [-0.1, -0.05) is 91.0 Å². The molecule has 0 saturated heterocycles. The van der Waals surface area contributed by atoms with E-state index < -0.39 is 0 Å². The van der Waals surface area contributed by atoms with Gasteiger partial charge in [0.25, 0.3) is 0 Å². The lowest BCUT2D eigenvalue weighted by atomic mass is 9.97. The van der Waals surface area contributed by atoms with Gasteiger partial charge in [-0.25, -0.2) is 0 Å². The predicted molar refractivity (Wildman–Crippen MR) is 159 cm³/mol. The van der Waals surface area contributed by atoms with E-state index in [0.29, 0.717) is 19.4 Å². The minimum absolute atomic E-state index is 0.206. The lowest BCUT2D eigenvalue weighted by Gasteiger charge is -2.25. The SMILES string of the molecule is COC(=O)CCc1ccc(OCCN(Cc2ccccc2)c2ccccc2)c(-c2ccc3ccccc3c2)c1. The number of esters is 1. The second kappa shape index (κ2) is 12.8. The monoisotopic (exact) mass is 515 g/mol. The highest BCUT2D eigenvalue weighted by Crippen LogP contribution is 2.33. The van der Waals surface area contributed by atoms with E-state index in [0.717, 1.165) is 41.2 Å². The molecule has 0 radical (unpaired) electrons. The Morgan fingerprint density at radius 2 is 1.44 bits per heavy atom. The second-order valence-electron chi connectivity index (χ2n) is 9.56. The smallest absolute Gasteiger partial charge is 0.305 e. The molecule has 0 spiro atoms. The van der Waals surface area contributed by atoms with Crippen LogP contribution in [0.2, 0.25) is 0 Å². The minimum Gasteiger partial charge on any atom is -0.491 e. The summed E-state index contributed by atoms with van der Waals surface area (Å²) in [6.07, 6.45) is 0.964. The number of aryl methyl sites for hydroxylation is 1. The van der Waals surface area contributed by atoms with Crippen molar-refractivity contribution in [3.8, 4) is 16.9 Å². The molecule has 5 aromatic rings. The number of anilines is 1. The van der Waals surface area contributed by atoms with Crippen LogP contribution in [0, 0.1) is 0 Å². The summed E-state index contributed by atoms with van der Waals surface area (Å²) >= 11 is 0. The van der Waals surface area contributed by atoms with Crippen LogP contribution in [0.5, 0.6) is 5.75 Å². The minimum atomic E-state index is -0.206. The Balaban J connectivity index is 1.39. The van der Waals surface area contributed by atoms with Crippen LogP contribution < -0.4 is 9.64 Å². The number of para-hydroxylation sites is 1. The molecule has 0 saturated carbocycles. The summed E-state index contributed by atoms with van der Waals surface area (Å²) in [6.45, 7) is 2.07. The summed E-state index contributed by atoms with van der Waals surface area (Å²) in [4.78, 5) is 14.1. The second-order valence-corrected chi connectivity index (χ2v) is 9.56. The van der Waals surface area contributed by atoms with Crippen molar-refractivity contribution in [1.82, 2.24) is 0 Å². The van der Waals surface area contributed by atoms with Gasteiger partial charge in [0, 0.05) is 24.2 Å². The average Bonchev–Trinajstić information content (AvgIpc) is 3.00. The van der Waals surface area contributed by atoms with Crippen LogP contribution in [0.25, 0.3) is 21.9 Å². The van der Waals surface area contributed by atoms with E-state index >= 15 is 0 Å². The van der Waals surface area contributed by atoms with Gasteiger partial charge in [-0.15, -0.1) is 0 Å². The van der Waals surface area contributed by atoms with Gasteiger partial charge in [0.1, 0.15) is 12.4 Å². The maximum absolute atomic E-state index is 11.8. The van der Waals surface area contributed by atoms with E-state index in [1.54, 1.807) is 0 Å². The first kappa shape index (κ1) is 26.1. The van der Waals surface area contributed by atoms with Crippen LogP contribution in [0.3, 0.4) is 0 Å². The lowest BCUT2D eigenvalue weighted by Crippen LogP contribution is -2.28. The van der Waals surface area contributed by atoms with Gasteiger partial charge in [0.2, 0.25) is 0 Å².